The molecule has 6 rings (SSSR count). The van der Waals surface area contributed by atoms with E-state index in [-0.39, 0.29) is 17.3 Å². The van der Waals surface area contributed by atoms with E-state index < -0.39 is 24.5 Å². The smallest absolute Gasteiger partial charge is 0.164 e. The van der Waals surface area contributed by atoms with Crippen LogP contribution in [-0.2, 0) is 16.6 Å². The highest BCUT2D eigenvalue weighted by Crippen LogP contribution is 2.39. The molecule has 0 spiro atoms. The number of imidazole rings is 1. The molecule has 4 aromatic rings. The summed E-state index contributed by atoms with van der Waals surface area (Å²) in [6.45, 7) is 11.5. The molecule has 1 aromatic carbocycles. The molecular formula is C33H43N7O3. The Balaban J connectivity index is 1.08. The summed E-state index contributed by atoms with van der Waals surface area (Å²) in [6, 6.07) is 7.18. The second kappa shape index (κ2) is 11.2. The monoisotopic (exact) mass is 585 g/mol. The van der Waals surface area contributed by atoms with Crippen LogP contribution in [0.25, 0.3) is 22.1 Å². The number of aliphatic hydroxyl groups is 2. The first-order valence-corrected chi connectivity index (χ1v) is 15.3. The van der Waals surface area contributed by atoms with Gasteiger partial charge in [-0.15, -0.1) is 6.42 Å². The van der Waals surface area contributed by atoms with E-state index in [1.807, 2.05) is 0 Å². The number of aryl methyl sites for hydroxylation is 1. The third kappa shape index (κ3) is 5.51. The molecule has 10 nitrogen and oxygen atoms in total. The standard InChI is InChI=1S/C33H43N7O3/c1-7-20-15-40(31-27(20)30(34)35-17-36-31)32-29(42)28(41)25(43-32)16-39(18(2)3)22-12-19(13-22)8-11-26-37-23-10-9-21(33(4,5)6)14-24(23)38-26/h1,9-10,14-15,17-19,22,25,28-29,32,41-42H,8,11-13,16H2,2-6H3,(H,37,38)(H2,34,35,36). The number of hydrogen-bond acceptors (Lipinski definition) is 8. The summed E-state index contributed by atoms with van der Waals surface area (Å²) in [6.07, 6.45) is 9.32. The lowest BCUT2D eigenvalue weighted by molar-refractivity contribution is -0.0618. The molecule has 228 valence electrons. The average molecular weight is 586 g/mol. The van der Waals surface area contributed by atoms with Gasteiger partial charge in [-0.1, -0.05) is 32.8 Å². The third-order valence-corrected chi connectivity index (χ3v) is 9.33. The van der Waals surface area contributed by atoms with Crippen molar-refractivity contribution in [3.8, 4) is 12.3 Å². The van der Waals surface area contributed by atoms with Crippen molar-refractivity contribution in [3.63, 3.8) is 0 Å². The summed E-state index contributed by atoms with van der Waals surface area (Å²) in [7, 11) is 0. The van der Waals surface area contributed by atoms with Gasteiger partial charge < -0.3 is 30.2 Å². The van der Waals surface area contributed by atoms with Crippen LogP contribution in [0.15, 0.2) is 30.7 Å². The van der Waals surface area contributed by atoms with Crippen molar-refractivity contribution < 1.29 is 14.9 Å². The van der Waals surface area contributed by atoms with Crippen molar-refractivity contribution in [2.75, 3.05) is 12.3 Å². The van der Waals surface area contributed by atoms with Gasteiger partial charge in [-0.2, -0.15) is 0 Å². The molecule has 3 aromatic heterocycles. The van der Waals surface area contributed by atoms with Gasteiger partial charge >= 0.3 is 0 Å². The zero-order chi connectivity index (χ0) is 30.6. The highest BCUT2D eigenvalue weighted by Gasteiger charge is 2.46. The van der Waals surface area contributed by atoms with Gasteiger partial charge in [-0.05, 0) is 62.1 Å². The van der Waals surface area contributed by atoms with Gasteiger partial charge in [-0.3, -0.25) is 4.90 Å². The molecule has 1 aliphatic carbocycles. The van der Waals surface area contributed by atoms with Crippen LogP contribution in [0.4, 0.5) is 5.82 Å². The lowest BCUT2D eigenvalue weighted by Crippen LogP contribution is -2.52. The van der Waals surface area contributed by atoms with Crippen LogP contribution >= 0.6 is 0 Å². The van der Waals surface area contributed by atoms with E-state index in [4.69, 9.17) is 21.9 Å². The van der Waals surface area contributed by atoms with Gasteiger partial charge in [0.15, 0.2) is 6.23 Å². The summed E-state index contributed by atoms with van der Waals surface area (Å²) in [5.41, 5.74) is 10.6. The van der Waals surface area contributed by atoms with E-state index in [1.165, 1.54) is 11.9 Å². The summed E-state index contributed by atoms with van der Waals surface area (Å²) in [5.74, 6) is 4.55. The molecule has 1 saturated carbocycles. The van der Waals surface area contributed by atoms with Gasteiger partial charge in [-0.25, -0.2) is 15.0 Å². The fourth-order valence-corrected chi connectivity index (χ4v) is 6.71. The van der Waals surface area contributed by atoms with Crippen LogP contribution in [0.5, 0.6) is 0 Å². The minimum atomic E-state index is -1.14. The second-order valence-electron chi connectivity index (χ2n) is 13.6. The van der Waals surface area contributed by atoms with Crippen LogP contribution < -0.4 is 5.73 Å². The lowest BCUT2D eigenvalue weighted by atomic mass is 9.76. The number of fused-ring (bicyclic) bond motifs is 2. The third-order valence-electron chi connectivity index (χ3n) is 9.33. The number of benzene rings is 1. The van der Waals surface area contributed by atoms with Crippen molar-refractivity contribution in [1.82, 2.24) is 29.4 Å². The molecule has 0 amide bonds. The first-order chi connectivity index (χ1) is 20.4. The highest BCUT2D eigenvalue weighted by molar-refractivity contribution is 5.92. The Labute approximate surface area is 252 Å². The largest absolute Gasteiger partial charge is 0.387 e. The number of terminal acetylenes is 1. The molecule has 4 unspecified atom stereocenters. The van der Waals surface area contributed by atoms with Crippen molar-refractivity contribution in [1.29, 1.82) is 0 Å². The van der Waals surface area contributed by atoms with Crippen LogP contribution in [0, 0.1) is 18.3 Å². The average Bonchev–Trinajstić information content (AvgIpc) is 3.60. The number of nitrogens with zero attached hydrogens (tertiary/aromatic N) is 5. The van der Waals surface area contributed by atoms with Crippen LogP contribution in [0.3, 0.4) is 0 Å². The number of nitrogen functional groups attached to an aromatic ring is 1. The van der Waals surface area contributed by atoms with Gasteiger partial charge in [0, 0.05) is 31.2 Å². The van der Waals surface area contributed by atoms with Crippen LogP contribution in [0.1, 0.15) is 77.1 Å². The molecule has 4 heterocycles. The fourth-order valence-electron chi connectivity index (χ4n) is 6.71. The van der Waals surface area contributed by atoms with E-state index in [9.17, 15) is 10.2 Å². The normalized spacial score (nSPS) is 26.0. The molecule has 2 fully saturated rings. The molecule has 10 heteroatoms. The summed E-state index contributed by atoms with van der Waals surface area (Å²) < 4.78 is 7.97. The van der Waals surface area contributed by atoms with Gasteiger partial charge in [0.2, 0.25) is 0 Å². The summed E-state index contributed by atoms with van der Waals surface area (Å²) in [5, 5.41) is 22.6. The lowest BCUT2D eigenvalue weighted by Gasteiger charge is -2.46. The second-order valence-corrected chi connectivity index (χ2v) is 13.6. The summed E-state index contributed by atoms with van der Waals surface area (Å²) >= 11 is 0. The minimum absolute atomic E-state index is 0.104. The SMILES string of the molecule is C#Cc1cn(C2OC(CN(C(C)C)C3CC(CCc4nc5ccc(C(C)(C)C)cc5[nH]4)C3)C(O)C2O)c2ncnc(N)c12. The Bertz CT molecular complexity index is 1660. The van der Waals surface area contributed by atoms with Crippen molar-refractivity contribution in [3.05, 3.63) is 47.7 Å². The number of aromatic amines is 1. The first kappa shape index (κ1) is 29.6. The molecule has 4 atom stereocenters. The zero-order valence-electron chi connectivity index (χ0n) is 25.7. The maximum atomic E-state index is 11.0. The first-order valence-electron chi connectivity index (χ1n) is 15.3. The molecule has 5 N–H and O–H groups in total. The van der Waals surface area contributed by atoms with E-state index >= 15 is 0 Å². The molecule has 1 aliphatic heterocycles. The van der Waals surface area contributed by atoms with Gasteiger partial charge in [0.25, 0.3) is 0 Å². The van der Waals surface area contributed by atoms with Gasteiger partial charge in [0.1, 0.15) is 41.9 Å². The maximum absolute atomic E-state index is 11.0. The Hall–Kier alpha value is -3.49. The number of anilines is 1. The number of rotatable bonds is 8. The van der Waals surface area contributed by atoms with Crippen molar-refractivity contribution >= 4 is 27.9 Å². The fraction of sp³-hybridized carbons (Fsp3) is 0.545. The number of aliphatic hydroxyl groups excluding tert-OH is 2. The Morgan fingerprint density at radius 3 is 2.67 bits per heavy atom. The summed E-state index contributed by atoms with van der Waals surface area (Å²) in [4.78, 5) is 19.2. The zero-order valence-corrected chi connectivity index (χ0v) is 25.7. The topological polar surface area (TPSA) is 138 Å². The van der Waals surface area contributed by atoms with E-state index in [2.05, 4.69) is 78.6 Å². The molecule has 0 bridgehead atoms. The quantitative estimate of drug-likeness (QED) is 0.228. The number of aromatic nitrogens is 5. The predicted molar refractivity (Wildman–Crippen MR) is 167 cm³/mol. The van der Waals surface area contributed by atoms with E-state index in [0.717, 1.165) is 42.5 Å². The molecule has 1 saturated heterocycles. The minimum Gasteiger partial charge on any atom is -0.387 e. The van der Waals surface area contributed by atoms with Gasteiger partial charge in [0.05, 0.1) is 22.0 Å². The maximum Gasteiger partial charge on any atom is 0.164 e. The van der Waals surface area contributed by atoms with Crippen LogP contribution in [0.2, 0.25) is 0 Å². The Morgan fingerprint density at radius 2 is 1.98 bits per heavy atom. The highest BCUT2D eigenvalue weighted by atomic mass is 16.6. The predicted octanol–water partition coefficient (Wildman–Crippen LogP) is 3.91. The number of hydrogen-bond donors (Lipinski definition) is 4. The molecule has 43 heavy (non-hydrogen) atoms. The molecular weight excluding hydrogens is 542 g/mol. The van der Waals surface area contributed by atoms with Crippen LogP contribution in [-0.4, -0.2) is 76.6 Å². The molecule has 0 radical (unpaired) electrons. The van der Waals surface area contributed by atoms with Crippen molar-refractivity contribution in [2.24, 2.45) is 5.92 Å². The van der Waals surface area contributed by atoms with E-state index in [1.54, 1.807) is 10.8 Å². The number of H-pyrrole nitrogens is 1. The number of ether oxygens (including phenoxy) is 1. The Morgan fingerprint density at radius 1 is 1.21 bits per heavy atom. The van der Waals surface area contributed by atoms with E-state index in [0.29, 0.717) is 35.1 Å². The van der Waals surface area contributed by atoms with Crippen molar-refractivity contribution in [2.45, 2.75) is 102 Å². The molecule has 2 aliphatic rings. The number of nitrogens with one attached hydrogen (secondary N) is 1. The number of nitrogens with two attached hydrogens (primary N) is 1. The Kier molecular flexibility index (Phi) is 7.71.